The molecule has 1 aliphatic heterocycles. The standard InChI is InChI=1S/C24H17ClFN3O2/c25-18-7-5-17(6-8-18)22-21(29-24(30)31-22)19-11-15(13-28-23(19)26)2-1-14-9-10-27-20(12-14)16-3-4-16/h5-13,16,21-22H,3-4H2,(H,29,30)/t21-,22-/m1/s1. The molecule has 1 saturated heterocycles. The van der Waals surface area contributed by atoms with Crippen LogP contribution in [0, 0.1) is 17.8 Å². The molecule has 2 fully saturated rings. The molecule has 5 rings (SSSR count). The number of rotatable bonds is 3. The van der Waals surface area contributed by atoms with Crippen molar-refractivity contribution < 1.29 is 13.9 Å². The van der Waals surface area contributed by atoms with Gasteiger partial charge in [-0.3, -0.25) is 4.98 Å². The average molecular weight is 434 g/mol. The Hall–Kier alpha value is -3.43. The van der Waals surface area contributed by atoms with Gasteiger partial charge in [0.15, 0.2) is 6.10 Å². The van der Waals surface area contributed by atoms with Gasteiger partial charge in [-0.05, 0) is 48.7 Å². The van der Waals surface area contributed by atoms with Crippen LogP contribution in [0.1, 0.15) is 58.9 Å². The van der Waals surface area contributed by atoms with Crippen molar-refractivity contribution in [1.29, 1.82) is 0 Å². The molecule has 1 saturated carbocycles. The van der Waals surface area contributed by atoms with Crippen molar-refractivity contribution in [2.24, 2.45) is 0 Å². The molecule has 0 bridgehead atoms. The number of carbonyl (C=O) groups is 1. The van der Waals surface area contributed by atoms with E-state index in [9.17, 15) is 9.18 Å². The maximum Gasteiger partial charge on any atom is 0.408 e. The first-order chi connectivity index (χ1) is 15.1. The minimum Gasteiger partial charge on any atom is -0.439 e. The molecule has 7 heteroatoms. The van der Waals surface area contributed by atoms with E-state index in [1.54, 1.807) is 36.5 Å². The van der Waals surface area contributed by atoms with Gasteiger partial charge in [-0.15, -0.1) is 0 Å². The third-order valence-corrected chi connectivity index (χ3v) is 5.59. The summed E-state index contributed by atoms with van der Waals surface area (Å²) < 4.78 is 20.0. The third-order valence-electron chi connectivity index (χ3n) is 5.34. The van der Waals surface area contributed by atoms with E-state index in [1.165, 1.54) is 19.0 Å². The number of amides is 1. The summed E-state index contributed by atoms with van der Waals surface area (Å²) in [5, 5.41) is 3.23. The quantitative estimate of drug-likeness (QED) is 0.462. The largest absolute Gasteiger partial charge is 0.439 e. The van der Waals surface area contributed by atoms with Gasteiger partial charge in [-0.2, -0.15) is 4.39 Å². The van der Waals surface area contributed by atoms with Gasteiger partial charge >= 0.3 is 6.09 Å². The Labute approximate surface area is 183 Å². The van der Waals surface area contributed by atoms with Crippen LogP contribution in [-0.4, -0.2) is 16.1 Å². The van der Waals surface area contributed by atoms with E-state index in [2.05, 4.69) is 27.1 Å². The second kappa shape index (κ2) is 8.01. The van der Waals surface area contributed by atoms with Crippen molar-refractivity contribution in [2.75, 3.05) is 0 Å². The molecule has 0 spiro atoms. The van der Waals surface area contributed by atoms with Gasteiger partial charge in [0.1, 0.15) is 6.04 Å². The Bertz CT molecular complexity index is 1220. The monoisotopic (exact) mass is 433 g/mol. The lowest BCUT2D eigenvalue weighted by Crippen LogP contribution is -2.21. The number of alkyl carbamates (subject to hydrolysis) is 1. The molecule has 0 unspecified atom stereocenters. The highest BCUT2D eigenvalue weighted by Gasteiger charge is 2.38. The fourth-order valence-corrected chi connectivity index (χ4v) is 3.72. The van der Waals surface area contributed by atoms with Crippen LogP contribution in [0.25, 0.3) is 0 Å². The summed E-state index contributed by atoms with van der Waals surface area (Å²) in [4.78, 5) is 20.2. The predicted octanol–water partition coefficient (Wildman–Crippen LogP) is 5.07. The number of nitrogens with one attached hydrogen (secondary N) is 1. The minimum atomic E-state index is -0.731. The number of hydrogen-bond acceptors (Lipinski definition) is 4. The summed E-state index contributed by atoms with van der Waals surface area (Å²) in [6.07, 6.45) is 4.14. The second-order valence-corrected chi connectivity index (χ2v) is 8.03. The molecule has 3 heterocycles. The molecule has 1 aliphatic carbocycles. The van der Waals surface area contributed by atoms with Crippen LogP contribution in [0.3, 0.4) is 0 Å². The first-order valence-electron chi connectivity index (χ1n) is 9.93. The van der Waals surface area contributed by atoms with Gasteiger partial charge < -0.3 is 10.1 Å². The molecule has 0 radical (unpaired) electrons. The summed E-state index contributed by atoms with van der Waals surface area (Å²) in [5.74, 6) is 5.99. The van der Waals surface area contributed by atoms with Gasteiger partial charge in [0.05, 0.1) is 0 Å². The first kappa shape index (κ1) is 19.5. The van der Waals surface area contributed by atoms with Gasteiger partial charge in [-0.25, -0.2) is 9.78 Å². The average Bonchev–Trinajstić information content (AvgIpc) is 3.56. The molecular formula is C24H17ClFN3O2. The highest BCUT2D eigenvalue weighted by molar-refractivity contribution is 6.30. The smallest absolute Gasteiger partial charge is 0.408 e. The fraction of sp³-hybridized carbons (Fsp3) is 0.208. The van der Waals surface area contributed by atoms with Crippen molar-refractivity contribution in [3.8, 4) is 11.8 Å². The van der Waals surface area contributed by atoms with Gasteiger partial charge in [0, 0.05) is 45.7 Å². The molecule has 154 valence electrons. The number of halogens is 2. The predicted molar refractivity (Wildman–Crippen MR) is 113 cm³/mol. The molecule has 31 heavy (non-hydrogen) atoms. The Morgan fingerprint density at radius 2 is 1.84 bits per heavy atom. The third kappa shape index (κ3) is 4.23. The van der Waals surface area contributed by atoms with Crippen LogP contribution < -0.4 is 5.32 Å². The van der Waals surface area contributed by atoms with Crippen molar-refractivity contribution in [3.05, 3.63) is 93.8 Å². The van der Waals surface area contributed by atoms with E-state index in [0.29, 0.717) is 22.1 Å². The van der Waals surface area contributed by atoms with Crippen LogP contribution >= 0.6 is 11.6 Å². The van der Waals surface area contributed by atoms with Crippen LogP contribution in [0.5, 0.6) is 0 Å². The van der Waals surface area contributed by atoms with Crippen molar-refractivity contribution in [1.82, 2.24) is 15.3 Å². The van der Waals surface area contributed by atoms with Gasteiger partial charge in [-0.1, -0.05) is 35.6 Å². The highest BCUT2D eigenvalue weighted by Crippen LogP contribution is 2.39. The highest BCUT2D eigenvalue weighted by atomic mass is 35.5. The number of benzene rings is 1. The molecule has 1 aromatic carbocycles. The lowest BCUT2D eigenvalue weighted by Gasteiger charge is -2.18. The summed E-state index contributed by atoms with van der Waals surface area (Å²) in [6, 6.07) is 11.6. The zero-order valence-corrected chi connectivity index (χ0v) is 17.1. The Morgan fingerprint density at radius 3 is 2.61 bits per heavy atom. The van der Waals surface area contributed by atoms with E-state index in [1.807, 2.05) is 12.1 Å². The molecule has 1 N–H and O–H groups in total. The first-order valence-corrected chi connectivity index (χ1v) is 10.3. The number of pyridine rings is 2. The SMILES string of the molecule is O=C1N[C@H](c2cc(C#Cc3ccnc(C4CC4)c3)cnc2F)[C@@H](c2ccc(Cl)cc2)O1. The summed E-state index contributed by atoms with van der Waals surface area (Å²) >= 11 is 5.95. The maximum absolute atomic E-state index is 14.6. The Morgan fingerprint density at radius 1 is 1.06 bits per heavy atom. The molecular weight excluding hydrogens is 417 g/mol. The number of cyclic esters (lactones) is 1. The van der Waals surface area contributed by atoms with Crippen LogP contribution in [0.4, 0.5) is 9.18 Å². The van der Waals surface area contributed by atoms with Crippen molar-refractivity contribution in [3.63, 3.8) is 0 Å². The van der Waals surface area contributed by atoms with Crippen molar-refractivity contribution in [2.45, 2.75) is 30.9 Å². The summed E-state index contributed by atoms with van der Waals surface area (Å²) in [5.41, 5.74) is 3.36. The molecule has 1 amide bonds. The number of ether oxygens (including phenoxy) is 1. The number of hydrogen-bond donors (Lipinski definition) is 1. The Balaban J connectivity index is 1.45. The van der Waals surface area contributed by atoms with E-state index >= 15 is 0 Å². The van der Waals surface area contributed by atoms with E-state index in [-0.39, 0.29) is 5.56 Å². The molecule has 3 aromatic rings. The maximum atomic E-state index is 14.6. The number of nitrogens with zero attached hydrogens (tertiary/aromatic N) is 2. The topological polar surface area (TPSA) is 64.1 Å². The fourth-order valence-electron chi connectivity index (χ4n) is 3.60. The molecule has 2 atom stereocenters. The van der Waals surface area contributed by atoms with E-state index < -0.39 is 24.2 Å². The van der Waals surface area contributed by atoms with E-state index in [4.69, 9.17) is 16.3 Å². The molecule has 2 aliphatic rings. The second-order valence-electron chi connectivity index (χ2n) is 7.60. The molecule has 2 aromatic heterocycles. The van der Waals surface area contributed by atoms with Gasteiger partial charge in [0.2, 0.25) is 5.95 Å². The minimum absolute atomic E-state index is 0.214. The number of aromatic nitrogens is 2. The van der Waals surface area contributed by atoms with Crippen LogP contribution in [0.15, 0.2) is 54.9 Å². The summed E-state index contributed by atoms with van der Waals surface area (Å²) in [7, 11) is 0. The summed E-state index contributed by atoms with van der Waals surface area (Å²) in [6.45, 7) is 0. The zero-order chi connectivity index (χ0) is 21.4. The Kier molecular flexibility index (Phi) is 5.05. The van der Waals surface area contributed by atoms with Crippen LogP contribution in [-0.2, 0) is 4.74 Å². The number of carbonyl (C=O) groups excluding carboxylic acids is 1. The normalized spacial score (nSPS) is 19.9. The lowest BCUT2D eigenvalue weighted by atomic mass is 9.96. The van der Waals surface area contributed by atoms with E-state index in [0.717, 1.165) is 11.3 Å². The molecule has 5 nitrogen and oxygen atoms in total. The lowest BCUT2D eigenvalue weighted by molar-refractivity contribution is 0.131. The van der Waals surface area contributed by atoms with Crippen molar-refractivity contribution >= 4 is 17.7 Å². The van der Waals surface area contributed by atoms with Gasteiger partial charge in [0.25, 0.3) is 0 Å². The van der Waals surface area contributed by atoms with Crippen LogP contribution in [0.2, 0.25) is 5.02 Å². The zero-order valence-electron chi connectivity index (χ0n) is 16.3.